The average Bonchev–Trinajstić information content (AvgIpc) is 2.45. The van der Waals surface area contributed by atoms with Crippen molar-refractivity contribution in [3.63, 3.8) is 0 Å². The molecule has 1 heteroatoms. The Kier molecular flexibility index (Phi) is 2.26. The zero-order chi connectivity index (χ0) is 14.5. The SMILES string of the molecule is CC.CC12CC3(C)C[C@]4(C1)C(C)(C2)C[C@]4(C)C3(C)N. The Morgan fingerprint density at radius 2 is 1.21 bits per heavy atom. The number of nitrogens with two attached hydrogens (primary N) is 1. The minimum atomic E-state index is 0.0394. The summed E-state index contributed by atoms with van der Waals surface area (Å²) in [6.45, 7) is 16.5. The molecule has 4 unspecified atom stereocenters. The highest BCUT2D eigenvalue weighted by atomic mass is 15.0. The second kappa shape index (κ2) is 3.08. The fraction of sp³-hybridized carbons (Fsp3) is 1.00. The highest BCUT2D eigenvalue weighted by Crippen LogP contribution is 2.92. The van der Waals surface area contributed by atoms with Gasteiger partial charge in [0.1, 0.15) is 0 Å². The Bertz CT molecular complexity index is 437. The van der Waals surface area contributed by atoms with Gasteiger partial charge in [-0.15, -0.1) is 0 Å². The molecule has 4 aliphatic carbocycles. The van der Waals surface area contributed by atoms with E-state index < -0.39 is 0 Å². The predicted octanol–water partition coefficient (Wildman–Crippen LogP) is 4.75. The molecule has 0 aromatic heterocycles. The molecular formula is C18H33N. The van der Waals surface area contributed by atoms with E-state index in [1.807, 2.05) is 13.8 Å². The van der Waals surface area contributed by atoms with Gasteiger partial charge < -0.3 is 5.73 Å². The molecule has 4 rings (SSSR count). The van der Waals surface area contributed by atoms with Gasteiger partial charge in [-0.1, -0.05) is 41.5 Å². The van der Waals surface area contributed by atoms with Crippen molar-refractivity contribution in [2.75, 3.05) is 0 Å². The quantitative estimate of drug-likeness (QED) is 0.671. The molecule has 4 saturated carbocycles. The van der Waals surface area contributed by atoms with Crippen molar-refractivity contribution in [3.8, 4) is 0 Å². The first kappa shape index (κ1) is 13.9. The van der Waals surface area contributed by atoms with Crippen LogP contribution in [0.5, 0.6) is 0 Å². The Morgan fingerprint density at radius 1 is 0.684 bits per heavy atom. The summed E-state index contributed by atoms with van der Waals surface area (Å²) in [5.41, 5.74) is 9.49. The second-order valence-electron chi connectivity index (χ2n) is 9.43. The molecule has 0 amide bonds. The maximum atomic E-state index is 6.91. The Balaban J connectivity index is 0.000000528. The minimum absolute atomic E-state index is 0.0394. The summed E-state index contributed by atoms with van der Waals surface area (Å²) in [7, 11) is 0. The zero-order valence-corrected chi connectivity index (χ0v) is 14.1. The molecule has 4 fully saturated rings. The molecule has 0 aromatic rings. The Hall–Kier alpha value is -0.0400. The largest absolute Gasteiger partial charge is 0.324 e. The van der Waals surface area contributed by atoms with E-state index in [9.17, 15) is 0 Å². The van der Waals surface area contributed by atoms with E-state index in [-0.39, 0.29) is 5.54 Å². The highest BCUT2D eigenvalue weighted by Gasteiger charge is 2.87. The molecule has 1 nitrogen and oxygen atoms in total. The average molecular weight is 263 g/mol. The van der Waals surface area contributed by atoms with Gasteiger partial charge in [-0.3, -0.25) is 0 Å². The smallest absolute Gasteiger partial charge is 0.0240 e. The highest BCUT2D eigenvalue weighted by molar-refractivity contribution is 5.38. The third kappa shape index (κ3) is 1.05. The van der Waals surface area contributed by atoms with E-state index in [0.717, 1.165) is 0 Å². The van der Waals surface area contributed by atoms with Gasteiger partial charge in [0.2, 0.25) is 0 Å². The molecule has 110 valence electrons. The summed E-state index contributed by atoms with van der Waals surface area (Å²) < 4.78 is 0. The Labute approximate surface area is 119 Å². The molecule has 6 atom stereocenters. The molecule has 3 bridgehead atoms. The van der Waals surface area contributed by atoms with Crippen LogP contribution in [0.1, 0.15) is 80.6 Å². The van der Waals surface area contributed by atoms with Crippen molar-refractivity contribution in [3.05, 3.63) is 0 Å². The van der Waals surface area contributed by atoms with Gasteiger partial charge in [0, 0.05) is 5.54 Å². The standard InChI is InChI=1S/C16H27N.C2H6/c1-11-6-12(2)10-16(8-11)13(3,7-11)9-14(16,4)15(12,5)17;1-2/h6-10,17H2,1-5H3;1-2H3/t11?,12?,13?,14-,15?,16-;/m1./s1. The van der Waals surface area contributed by atoms with Crippen LogP contribution in [0.4, 0.5) is 0 Å². The van der Waals surface area contributed by atoms with Crippen molar-refractivity contribution in [2.45, 2.75) is 86.1 Å². The Morgan fingerprint density at radius 3 is 1.79 bits per heavy atom. The van der Waals surface area contributed by atoms with Gasteiger partial charge in [-0.25, -0.2) is 0 Å². The molecule has 0 aromatic carbocycles. The van der Waals surface area contributed by atoms with Gasteiger partial charge in [0.05, 0.1) is 0 Å². The van der Waals surface area contributed by atoms with Crippen LogP contribution >= 0.6 is 0 Å². The van der Waals surface area contributed by atoms with Crippen LogP contribution in [0.3, 0.4) is 0 Å². The lowest BCUT2D eigenvalue weighted by Gasteiger charge is -2.68. The maximum Gasteiger partial charge on any atom is 0.0240 e. The van der Waals surface area contributed by atoms with Crippen molar-refractivity contribution >= 4 is 0 Å². The second-order valence-corrected chi connectivity index (χ2v) is 9.43. The minimum Gasteiger partial charge on any atom is -0.324 e. The number of hydrogen-bond donors (Lipinski definition) is 1. The number of fused-ring (bicyclic) bond motifs is 2. The van der Waals surface area contributed by atoms with E-state index in [2.05, 4.69) is 34.6 Å². The third-order valence-electron chi connectivity index (χ3n) is 8.41. The van der Waals surface area contributed by atoms with E-state index >= 15 is 0 Å². The first-order valence-electron chi connectivity index (χ1n) is 8.32. The van der Waals surface area contributed by atoms with E-state index in [0.29, 0.717) is 27.1 Å². The van der Waals surface area contributed by atoms with Gasteiger partial charge in [0.25, 0.3) is 0 Å². The normalized spacial score (nSPS) is 68.2. The van der Waals surface area contributed by atoms with E-state index in [4.69, 9.17) is 5.73 Å². The van der Waals surface area contributed by atoms with E-state index in [1.165, 1.54) is 32.1 Å². The lowest BCUT2D eigenvalue weighted by Crippen LogP contribution is -2.68. The van der Waals surface area contributed by atoms with Crippen LogP contribution in [0.15, 0.2) is 0 Å². The van der Waals surface area contributed by atoms with Crippen molar-refractivity contribution in [1.29, 1.82) is 0 Å². The molecule has 0 radical (unpaired) electrons. The summed E-state index contributed by atoms with van der Waals surface area (Å²) >= 11 is 0. The molecule has 19 heavy (non-hydrogen) atoms. The first-order chi connectivity index (χ1) is 8.54. The summed E-state index contributed by atoms with van der Waals surface area (Å²) in [5.74, 6) is 0. The van der Waals surface area contributed by atoms with E-state index in [1.54, 1.807) is 0 Å². The van der Waals surface area contributed by atoms with Crippen LogP contribution in [-0.4, -0.2) is 5.54 Å². The molecule has 2 N–H and O–H groups in total. The monoisotopic (exact) mass is 263 g/mol. The zero-order valence-electron chi connectivity index (χ0n) is 14.1. The third-order valence-corrected chi connectivity index (χ3v) is 8.41. The van der Waals surface area contributed by atoms with Gasteiger partial charge in [-0.2, -0.15) is 0 Å². The van der Waals surface area contributed by atoms with Crippen LogP contribution in [0.2, 0.25) is 0 Å². The molecular weight excluding hydrogens is 230 g/mol. The molecule has 0 aliphatic heterocycles. The first-order valence-corrected chi connectivity index (χ1v) is 8.32. The van der Waals surface area contributed by atoms with Crippen LogP contribution in [0, 0.1) is 27.1 Å². The predicted molar refractivity (Wildman–Crippen MR) is 81.9 cm³/mol. The van der Waals surface area contributed by atoms with Gasteiger partial charge in [0.15, 0.2) is 0 Å². The fourth-order valence-corrected chi connectivity index (χ4v) is 8.03. The lowest BCUT2D eigenvalue weighted by atomic mass is 9.37. The van der Waals surface area contributed by atoms with Crippen LogP contribution < -0.4 is 5.73 Å². The fourth-order valence-electron chi connectivity index (χ4n) is 8.03. The summed E-state index contributed by atoms with van der Waals surface area (Å²) in [5, 5.41) is 0. The number of hydrogen-bond acceptors (Lipinski definition) is 1. The molecule has 0 saturated heterocycles. The molecule has 4 aliphatic rings. The topological polar surface area (TPSA) is 26.0 Å². The van der Waals surface area contributed by atoms with Crippen molar-refractivity contribution < 1.29 is 0 Å². The summed E-state index contributed by atoms with van der Waals surface area (Å²) in [6.07, 6.45) is 7.05. The maximum absolute atomic E-state index is 6.91. The molecule has 1 spiro atoms. The summed E-state index contributed by atoms with van der Waals surface area (Å²) in [4.78, 5) is 0. The van der Waals surface area contributed by atoms with Crippen LogP contribution in [-0.2, 0) is 0 Å². The van der Waals surface area contributed by atoms with Crippen LogP contribution in [0.25, 0.3) is 0 Å². The summed E-state index contributed by atoms with van der Waals surface area (Å²) in [6, 6.07) is 0. The number of rotatable bonds is 0. The van der Waals surface area contributed by atoms with Gasteiger partial charge >= 0.3 is 0 Å². The van der Waals surface area contributed by atoms with Gasteiger partial charge in [-0.05, 0) is 66.1 Å². The van der Waals surface area contributed by atoms with Crippen molar-refractivity contribution in [2.24, 2.45) is 32.8 Å². The molecule has 0 heterocycles. The lowest BCUT2D eigenvalue weighted by molar-refractivity contribution is -0.179. The van der Waals surface area contributed by atoms with Crippen molar-refractivity contribution in [1.82, 2.24) is 0 Å².